The fourth-order valence-corrected chi connectivity index (χ4v) is 3.06. The van der Waals surface area contributed by atoms with Crippen molar-refractivity contribution in [2.24, 2.45) is 7.05 Å². The van der Waals surface area contributed by atoms with Gasteiger partial charge in [0.2, 0.25) is 0 Å². The molecule has 0 spiro atoms. The Hall–Kier alpha value is -1.92. The van der Waals surface area contributed by atoms with Crippen LogP contribution in [0.2, 0.25) is 0 Å². The monoisotopic (exact) mass is 373 g/mol. The van der Waals surface area contributed by atoms with Crippen molar-refractivity contribution in [3.63, 3.8) is 0 Å². The van der Waals surface area contributed by atoms with Gasteiger partial charge in [0, 0.05) is 34.9 Å². The molecule has 0 aliphatic rings. The summed E-state index contributed by atoms with van der Waals surface area (Å²) < 4.78 is 2.91. The highest BCUT2D eigenvalue weighted by molar-refractivity contribution is 9.10. The third-order valence-corrected chi connectivity index (χ3v) is 4.35. The molecule has 0 amide bonds. The molecule has 0 fully saturated rings. The number of hydrogen-bond acceptors (Lipinski definition) is 3. The van der Waals surface area contributed by atoms with E-state index in [1.165, 1.54) is 5.56 Å². The van der Waals surface area contributed by atoms with Gasteiger partial charge >= 0.3 is 0 Å². The van der Waals surface area contributed by atoms with Crippen molar-refractivity contribution >= 4 is 15.9 Å². The van der Waals surface area contributed by atoms with Gasteiger partial charge in [0.25, 0.3) is 0 Å². The molecule has 0 saturated carbocycles. The third kappa shape index (κ3) is 3.71. The molecule has 1 aromatic carbocycles. The zero-order chi connectivity index (χ0) is 16.4. The van der Waals surface area contributed by atoms with Crippen LogP contribution in [0.1, 0.15) is 30.0 Å². The molecular formula is C17H20BrN5. The average molecular weight is 374 g/mol. The molecule has 3 rings (SSSR count). The van der Waals surface area contributed by atoms with E-state index in [0.717, 1.165) is 27.2 Å². The fraction of sp³-hybridized carbons (Fsp3) is 0.294. The number of H-pyrrole nitrogens is 1. The van der Waals surface area contributed by atoms with Crippen LogP contribution in [0, 0.1) is 6.92 Å². The second kappa shape index (κ2) is 6.68. The molecule has 2 heterocycles. The number of benzene rings is 1. The van der Waals surface area contributed by atoms with E-state index in [-0.39, 0.29) is 6.04 Å². The Morgan fingerprint density at radius 2 is 2.22 bits per heavy atom. The molecule has 6 heteroatoms. The lowest BCUT2D eigenvalue weighted by Gasteiger charge is -2.11. The van der Waals surface area contributed by atoms with Crippen molar-refractivity contribution in [2.75, 3.05) is 0 Å². The Balaban J connectivity index is 1.66. The summed E-state index contributed by atoms with van der Waals surface area (Å²) in [7, 11) is 1.94. The van der Waals surface area contributed by atoms with E-state index in [1.54, 1.807) is 0 Å². The molecular weight excluding hydrogens is 354 g/mol. The van der Waals surface area contributed by atoms with E-state index in [9.17, 15) is 0 Å². The lowest BCUT2D eigenvalue weighted by atomic mass is 10.1. The van der Waals surface area contributed by atoms with Crippen molar-refractivity contribution < 1.29 is 0 Å². The van der Waals surface area contributed by atoms with Gasteiger partial charge < -0.3 is 10.3 Å². The van der Waals surface area contributed by atoms with Crippen LogP contribution in [0.5, 0.6) is 0 Å². The second-order valence-electron chi connectivity index (χ2n) is 5.70. The maximum absolute atomic E-state index is 4.46. The van der Waals surface area contributed by atoms with Crippen molar-refractivity contribution in [1.29, 1.82) is 0 Å². The number of aromatic nitrogens is 4. The van der Waals surface area contributed by atoms with Gasteiger partial charge in [-0.3, -0.25) is 4.68 Å². The molecule has 1 atom stereocenters. The first-order valence-electron chi connectivity index (χ1n) is 7.56. The van der Waals surface area contributed by atoms with Gasteiger partial charge in [-0.1, -0.05) is 28.1 Å². The van der Waals surface area contributed by atoms with Gasteiger partial charge in [-0.15, -0.1) is 0 Å². The number of halogens is 1. The Labute approximate surface area is 144 Å². The molecule has 0 aliphatic carbocycles. The highest BCUT2D eigenvalue weighted by Gasteiger charge is 2.12. The molecule has 0 saturated heterocycles. The predicted molar refractivity (Wildman–Crippen MR) is 94.9 cm³/mol. The van der Waals surface area contributed by atoms with Crippen molar-refractivity contribution in [2.45, 2.75) is 26.4 Å². The van der Waals surface area contributed by atoms with Gasteiger partial charge in [0.15, 0.2) is 0 Å². The minimum absolute atomic E-state index is 0.225. The number of hydrogen-bond donors (Lipinski definition) is 2. The molecule has 23 heavy (non-hydrogen) atoms. The highest BCUT2D eigenvalue weighted by Crippen LogP contribution is 2.21. The summed E-state index contributed by atoms with van der Waals surface area (Å²) in [6.07, 6.45) is 3.93. The first kappa shape index (κ1) is 16.0. The Kier molecular flexibility index (Phi) is 4.63. The summed E-state index contributed by atoms with van der Waals surface area (Å²) in [5, 5.41) is 7.88. The number of nitrogens with zero attached hydrogens (tertiary/aromatic N) is 3. The van der Waals surface area contributed by atoms with Crippen molar-refractivity contribution in [3.8, 4) is 11.3 Å². The van der Waals surface area contributed by atoms with Crippen LogP contribution < -0.4 is 5.32 Å². The van der Waals surface area contributed by atoms with Gasteiger partial charge in [0.05, 0.1) is 24.1 Å². The molecule has 3 aromatic rings. The first-order valence-corrected chi connectivity index (χ1v) is 8.35. The second-order valence-corrected chi connectivity index (χ2v) is 6.62. The smallest absolute Gasteiger partial charge is 0.120 e. The molecule has 1 unspecified atom stereocenters. The van der Waals surface area contributed by atoms with Crippen LogP contribution in [-0.2, 0) is 13.6 Å². The normalized spacial score (nSPS) is 12.5. The maximum Gasteiger partial charge on any atom is 0.120 e. The van der Waals surface area contributed by atoms with E-state index < -0.39 is 0 Å². The standard InChI is InChI=1S/C17H20BrN5/c1-11(15-10-23(3)22-12(15)2)19-9-17-20-8-16(21-17)13-5-4-6-14(18)7-13/h4-8,10-11,19H,9H2,1-3H3,(H,20,21). The summed E-state index contributed by atoms with van der Waals surface area (Å²) in [6, 6.07) is 8.40. The third-order valence-electron chi connectivity index (χ3n) is 3.86. The van der Waals surface area contributed by atoms with E-state index in [4.69, 9.17) is 0 Å². The predicted octanol–water partition coefficient (Wildman–Crippen LogP) is 3.73. The van der Waals surface area contributed by atoms with Gasteiger partial charge in [0.1, 0.15) is 5.82 Å². The summed E-state index contributed by atoms with van der Waals surface area (Å²) in [4.78, 5) is 7.83. The first-order chi connectivity index (χ1) is 11.0. The average Bonchev–Trinajstić information content (AvgIpc) is 3.11. The van der Waals surface area contributed by atoms with Crippen LogP contribution in [0.25, 0.3) is 11.3 Å². The van der Waals surface area contributed by atoms with Gasteiger partial charge in [-0.2, -0.15) is 5.10 Å². The molecule has 0 bridgehead atoms. The summed E-state index contributed by atoms with van der Waals surface area (Å²) in [5.74, 6) is 0.924. The summed E-state index contributed by atoms with van der Waals surface area (Å²) in [6.45, 7) is 4.86. The Bertz CT molecular complexity index is 805. The Morgan fingerprint density at radius 1 is 1.39 bits per heavy atom. The minimum atomic E-state index is 0.225. The highest BCUT2D eigenvalue weighted by atomic mass is 79.9. The maximum atomic E-state index is 4.46. The Morgan fingerprint density at radius 3 is 2.91 bits per heavy atom. The zero-order valence-corrected chi connectivity index (χ0v) is 15.1. The molecule has 0 aliphatic heterocycles. The van der Waals surface area contributed by atoms with Crippen LogP contribution >= 0.6 is 15.9 Å². The van der Waals surface area contributed by atoms with Gasteiger partial charge in [-0.05, 0) is 26.0 Å². The molecule has 120 valence electrons. The number of rotatable bonds is 5. The molecule has 2 aromatic heterocycles. The molecule has 5 nitrogen and oxygen atoms in total. The SMILES string of the molecule is Cc1nn(C)cc1C(C)NCc1ncc(-c2cccc(Br)c2)[nH]1. The van der Waals surface area contributed by atoms with Crippen LogP contribution in [0.3, 0.4) is 0 Å². The lowest BCUT2D eigenvalue weighted by molar-refractivity contribution is 0.559. The quantitative estimate of drug-likeness (QED) is 0.716. The zero-order valence-electron chi connectivity index (χ0n) is 13.5. The molecule has 2 N–H and O–H groups in total. The summed E-state index contributed by atoms with van der Waals surface area (Å²) in [5.41, 5.74) is 4.41. The van der Waals surface area contributed by atoms with Crippen LogP contribution in [0.15, 0.2) is 41.1 Å². The number of nitrogens with one attached hydrogen (secondary N) is 2. The molecule has 0 radical (unpaired) electrons. The largest absolute Gasteiger partial charge is 0.341 e. The number of imidazole rings is 1. The fourth-order valence-electron chi connectivity index (χ4n) is 2.66. The van der Waals surface area contributed by atoms with Crippen molar-refractivity contribution in [1.82, 2.24) is 25.1 Å². The summed E-state index contributed by atoms with van der Waals surface area (Å²) >= 11 is 3.50. The van der Waals surface area contributed by atoms with Crippen molar-refractivity contribution in [3.05, 3.63) is 58.2 Å². The van der Waals surface area contributed by atoms with Gasteiger partial charge in [-0.25, -0.2) is 4.98 Å². The number of aromatic amines is 1. The van der Waals surface area contributed by atoms with E-state index in [1.807, 2.05) is 37.0 Å². The lowest BCUT2D eigenvalue weighted by Crippen LogP contribution is -2.19. The minimum Gasteiger partial charge on any atom is -0.341 e. The van der Waals surface area contributed by atoms with E-state index in [0.29, 0.717) is 6.54 Å². The van der Waals surface area contributed by atoms with E-state index >= 15 is 0 Å². The topological polar surface area (TPSA) is 58.5 Å². The number of aryl methyl sites for hydroxylation is 2. The van der Waals surface area contributed by atoms with E-state index in [2.05, 4.69) is 61.6 Å². The van der Waals surface area contributed by atoms with Crippen LogP contribution in [0.4, 0.5) is 0 Å². The van der Waals surface area contributed by atoms with Crippen LogP contribution in [-0.4, -0.2) is 19.7 Å².